The number of ether oxygens (including phenoxy) is 3. The van der Waals surface area contributed by atoms with Crippen LogP contribution >= 0.6 is 23.2 Å². The van der Waals surface area contributed by atoms with Gasteiger partial charge in [0.1, 0.15) is 25.0 Å². The summed E-state index contributed by atoms with van der Waals surface area (Å²) in [5.41, 5.74) is 8.86. The molecule has 10 heteroatoms. The minimum Gasteiger partial charge on any atom is -0.489 e. The Hall–Kier alpha value is -6.27. The molecule has 8 rings (SSSR count). The molecule has 1 N–H and O–H groups in total. The molecule has 296 valence electrons. The standard InChI is InChI=1S/C49H41Cl2N3O5/c1-30-5-3-4-6-41(30)49(56)54-27-39-25-46-45(58-29-47(59-46)37-16-18-40(19-17-37)57-28-34-11-20-42(50)43(51)22-34)24-38(39)23-44(54)48(55)53-31(2)21-32-7-12-35(13-8-32)36-14-9-33(26-52)10-15-36/h3-20,22,24-25,31,44,47H,21,23,27-29H2,1-2H3,(H,53,55). The van der Waals surface area contributed by atoms with Crippen molar-refractivity contribution in [2.45, 2.75) is 58.0 Å². The zero-order valence-corrected chi connectivity index (χ0v) is 34.1. The van der Waals surface area contributed by atoms with Crippen molar-refractivity contribution in [3.8, 4) is 34.4 Å². The Balaban J connectivity index is 0.961. The van der Waals surface area contributed by atoms with Gasteiger partial charge < -0.3 is 24.4 Å². The van der Waals surface area contributed by atoms with Crippen LogP contribution in [-0.4, -0.2) is 35.4 Å². The van der Waals surface area contributed by atoms with E-state index in [1.807, 2.05) is 117 Å². The molecule has 0 fully saturated rings. The number of aryl methyl sites for hydroxylation is 1. The van der Waals surface area contributed by atoms with Crippen LogP contribution in [0.5, 0.6) is 17.2 Å². The highest BCUT2D eigenvalue weighted by Crippen LogP contribution is 2.41. The first-order valence-corrected chi connectivity index (χ1v) is 20.3. The molecule has 0 bridgehead atoms. The summed E-state index contributed by atoms with van der Waals surface area (Å²) >= 11 is 12.2. The molecule has 0 aliphatic carbocycles. The number of amides is 2. The molecule has 8 nitrogen and oxygen atoms in total. The second-order valence-corrected chi connectivity index (χ2v) is 15.9. The van der Waals surface area contributed by atoms with Crippen LogP contribution in [0.4, 0.5) is 0 Å². The van der Waals surface area contributed by atoms with Crippen molar-refractivity contribution in [2.24, 2.45) is 0 Å². The number of carbonyl (C=O) groups is 2. The average molecular weight is 823 g/mol. The van der Waals surface area contributed by atoms with Crippen molar-refractivity contribution in [2.75, 3.05) is 6.61 Å². The van der Waals surface area contributed by atoms with Gasteiger partial charge in [-0.2, -0.15) is 5.26 Å². The predicted octanol–water partition coefficient (Wildman–Crippen LogP) is 10.2. The van der Waals surface area contributed by atoms with Crippen molar-refractivity contribution >= 4 is 35.0 Å². The Morgan fingerprint density at radius 2 is 1.54 bits per heavy atom. The molecule has 6 aromatic rings. The summed E-state index contributed by atoms with van der Waals surface area (Å²) in [4.78, 5) is 30.1. The third-order valence-electron chi connectivity index (χ3n) is 10.9. The first kappa shape index (κ1) is 39.6. The molecule has 6 aromatic carbocycles. The number of hydrogen-bond donors (Lipinski definition) is 1. The molecule has 2 aliphatic heterocycles. The molecule has 3 atom stereocenters. The highest BCUT2D eigenvalue weighted by Gasteiger charge is 2.37. The summed E-state index contributed by atoms with van der Waals surface area (Å²) in [6.07, 6.45) is 0.585. The van der Waals surface area contributed by atoms with Crippen molar-refractivity contribution in [1.29, 1.82) is 5.26 Å². The fraction of sp³-hybridized carbons (Fsp3) is 0.204. The number of rotatable bonds is 10. The smallest absolute Gasteiger partial charge is 0.255 e. The number of benzene rings is 6. The van der Waals surface area contributed by atoms with E-state index in [1.54, 1.807) is 17.0 Å². The summed E-state index contributed by atoms with van der Waals surface area (Å²) in [7, 11) is 0. The lowest BCUT2D eigenvalue weighted by Crippen LogP contribution is -2.54. The number of carbonyl (C=O) groups excluding carboxylic acids is 2. The van der Waals surface area contributed by atoms with Crippen molar-refractivity contribution in [1.82, 2.24) is 10.2 Å². The van der Waals surface area contributed by atoms with E-state index in [4.69, 9.17) is 42.7 Å². The van der Waals surface area contributed by atoms with Crippen molar-refractivity contribution in [3.63, 3.8) is 0 Å². The van der Waals surface area contributed by atoms with Gasteiger partial charge in [0.15, 0.2) is 17.6 Å². The number of halogens is 2. The Kier molecular flexibility index (Phi) is 11.6. The van der Waals surface area contributed by atoms with Gasteiger partial charge >= 0.3 is 0 Å². The Labute approximate surface area is 353 Å². The van der Waals surface area contributed by atoms with Gasteiger partial charge in [-0.1, -0.05) is 96.0 Å². The Bertz CT molecular complexity index is 2550. The maximum Gasteiger partial charge on any atom is 0.255 e. The molecule has 59 heavy (non-hydrogen) atoms. The molecular weight excluding hydrogens is 781 g/mol. The van der Waals surface area contributed by atoms with Gasteiger partial charge in [-0.25, -0.2) is 0 Å². The summed E-state index contributed by atoms with van der Waals surface area (Å²) in [5.74, 6) is 1.49. The SMILES string of the molecule is Cc1ccccc1C(=O)N1Cc2cc3c(cc2CC1C(=O)NC(C)Cc1ccc(-c2ccc(C#N)cc2)cc1)OCC(c1ccc(OCc2ccc(Cl)c(Cl)c2)cc1)O3. The Morgan fingerprint density at radius 1 is 0.847 bits per heavy atom. The number of nitrogens with one attached hydrogen (secondary N) is 1. The number of nitriles is 1. The highest BCUT2D eigenvalue weighted by atomic mass is 35.5. The van der Waals surface area contributed by atoms with Crippen LogP contribution in [0, 0.1) is 18.3 Å². The molecule has 0 spiro atoms. The lowest BCUT2D eigenvalue weighted by atomic mass is 9.91. The normalized spacial score (nSPS) is 16.0. The largest absolute Gasteiger partial charge is 0.489 e. The van der Waals surface area contributed by atoms with Gasteiger partial charge in [0.25, 0.3) is 5.91 Å². The van der Waals surface area contributed by atoms with E-state index in [0.29, 0.717) is 64.5 Å². The lowest BCUT2D eigenvalue weighted by molar-refractivity contribution is -0.126. The van der Waals surface area contributed by atoms with E-state index in [-0.39, 0.29) is 30.5 Å². The predicted molar refractivity (Wildman–Crippen MR) is 229 cm³/mol. The first-order chi connectivity index (χ1) is 28.6. The van der Waals surface area contributed by atoms with E-state index in [2.05, 4.69) is 23.5 Å². The van der Waals surface area contributed by atoms with Crippen LogP contribution in [0.15, 0.2) is 127 Å². The second-order valence-electron chi connectivity index (χ2n) is 15.1. The monoisotopic (exact) mass is 821 g/mol. The van der Waals surface area contributed by atoms with E-state index in [1.165, 1.54) is 0 Å². The number of hydrogen-bond acceptors (Lipinski definition) is 6. The fourth-order valence-corrected chi connectivity index (χ4v) is 7.94. The Morgan fingerprint density at radius 3 is 2.25 bits per heavy atom. The quantitative estimate of drug-likeness (QED) is 0.148. The maximum atomic E-state index is 14.3. The van der Waals surface area contributed by atoms with Gasteiger partial charge in [0, 0.05) is 24.6 Å². The molecule has 0 radical (unpaired) electrons. The van der Waals surface area contributed by atoms with Gasteiger partial charge in [0.05, 0.1) is 21.7 Å². The summed E-state index contributed by atoms with van der Waals surface area (Å²) in [5, 5.41) is 13.3. The summed E-state index contributed by atoms with van der Waals surface area (Å²) in [6, 6.07) is 41.4. The third-order valence-corrected chi connectivity index (χ3v) is 11.6. The van der Waals surface area contributed by atoms with Gasteiger partial charge in [-0.05, 0) is 119 Å². The van der Waals surface area contributed by atoms with Crippen molar-refractivity contribution < 1.29 is 23.8 Å². The molecular formula is C49H41Cl2N3O5. The maximum absolute atomic E-state index is 14.3. The molecule has 0 saturated carbocycles. The topological polar surface area (TPSA) is 101 Å². The van der Waals surface area contributed by atoms with Crippen LogP contribution in [0.2, 0.25) is 10.0 Å². The molecule has 2 amide bonds. The number of nitrogens with zero attached hydrogens (tertiary/aromatic N) is 2. The molecule has 3 unspecified atom stereocenters. The minimum atomic E-state index is -0.733. The van der Waals surface area contributed by atoms with Crippen LogP contribution in [-0.2, 0) is 30.8 Å². The molecule has 2 aliphatic rings. The minimum absolute atomic E-state index is 0.194. The zero-order valence-electron chi connectivity index (χ0n) is 32.6. The van der Waals surface area contributed by atoms with E-state index >= 15 is 0 Å². The highest BCUT2D eigenvalue weighted by molar-refractivity contribution is 6.42. The van der Waals surface area contributed by atoms with Crippen molar-refractivity contribution in [3.05, 3.63) is 182 Å². The lowest BCUT2D eigenvalue weighted by Gasteiger charge is -2.38. The average Bonchev–Trinajstić information content (AvgIpc) is 3.25. The molecule has 0 aromatic heterocycles. The van der Waals surface area contributed by atoms with E-state index in [0.717, 1.165) is 44.5 Å². The van der Waals surface area contributed by atoms with Gasteiger partial charge in [0.2, 0.25) is 5.91 Å². The molecule has 2 heterocycles. The van der Waals surface area contributed by atoms with E-state index in [9.17, 15) is 9.59 Å². The van der Waals surface area contributed by atoms with E-state index < -0.39 is 6.04 Å². The number of fused-ring (bicyclic) bond motifs is 2. The van der Waals surface area contributed by atoms with Crippen LogP contribution in [0.3, 0.4) is 0 Å². The summed E-state index contributed by atoms with van der Waals surface area (Å²) in [6.45, 7) is 4.78. The van der Waals surface area contributed by atoms with Gasteiger partial charge in [-0.3, -0.25) is 9.59 Å². The zero-order chi connectivity index (χ0) is 41.0. The summed E-state index contributed by atoms with van der Waals surface area (Å²) < 4.78 is 18.8. The van der Waals surface area contributed by atoms with Gasteiger partial charge in [-0.15, -0.1) is 0 Å². The first-order valence-electron chi connectivity index (χ1n) is 19.5. The molecule has 0 saturated heterocycles. The van der Waals surface area contributed by atoms with Crippen LogP contribution < -0.4 is 19.5 Å². The van der Waals surface area contributed by atoms with Crippen LogP contribution in [0.1, 0.15) is 62.3 Å². The second kappa shape index (κ2) is 17.3. The third kappa shape index (κ3) is 8.92. The fourth-order valence-electron chi connectivity index (χ4n) is 7.62. The van der Waals surface area contributed by atoms with Crippen LogP contribution in [0.25, 0.3) is 11.1 Å².